The summed E-state index contributed by atoms with van der Waals surface area (Å²) in [7, 11) is -1.71. The fraction of sp³-hybridized carbons (Fsp3) is 1.00. The lowest BCUT2D eigenvalue weighted by Gasteiger charge is -2.37. The maximum atomic E-state index is 6.33. The average molecular weight is 260 g/mol. The smallest absolute Gasteiger partial charge is 0.354 e. The molecule has 1 rings (SSSR count). The minimum absolute atomic E-state index is 0.0680. The molecule has 1 unspecified atom stereocenters. The fourth-order valence-electron chi connectivity index (χ4n) is 2.52. The van der Waals surface area contributed by atoms with Gasteiger partial charge in [0.15, 0.2) is 0 Å². The van der Waals surface area contributed by atoms with Crippen LogP contribution in [0.3, 0.4) is 0 Å². The summed E-state index contributed by atoms with van der Waals surface area (Å²) in [6.07, 6.45) is 6.10. The summed E-state index contributed by atoms with van der Waals surface area (Å²) >= 11 is 0. The molecule has 0 heterocycles. The summed E-state index contributed by atoms with van der Waals surface area (Å²) in [6.45, 7) is 9.90. The van der Waals surface area contributed by atoms with E-state index in [1.807, 2.05) is 13.8 Å². The van der Waals surface area contributed by atoms with Crippen LogP contribution >= 0.6 is 0 Å². The monoisotopic (exact) mass is 260 g/mol. The molecule has 17 heavy (non-hydrogen) atoms. The van der Waals surface area contributed by atoms with Crippen LogP contribution in [-0.2, 0) is 13.6 Å². The van der Waals surface area contributed by atoms with Crippen molar-refractivity contribution in [2.75, 3.05) is 13.2 Å². The van der Waals surface area contributed by atoms with Crippen molar-refractivity contribution < 1.29 is 13.6 Å². The molecule has 1 atom stereocenters. The van der Waals surface area contributed by atoms with Crippen LogP contribution in [0, 0.1) is 0 Å². The number of ether oxygens (including phenoxy) is 1. The quantitative estimate of drug-likeness (QED) is 0.628. The topological polar surface area (TPSA) is 27.7 Å². The lowest BCUT2D eigenvalue weighted by atomic mass is 10.2. The van der Waals surface area contributed by atoms with Crippen LogP contribution < -0.4 is 0 Å². The normalized spacial score (nSPS) is 21.0. The van der Waals surface area contributed by atoms with Crippen molar-refractivity contribution in [3.05, 3.63) is 0 Å². The Morgan fingerprint density at radius 2 is 1.59 bits per heavy atom. The van der Waals surface area contributed by atoms with E-state index in [1.165, 1.54) is 12.8 Å². The van der Waals surface area contributed by atoms with E-state index < -0.39 is 9.28 Å². The Balaban J connectivity index is 2.72. The molecule has 0 aromatic carbocycles. The lowest BCUT2D eigenvalue weighted by molar-refractivity contribution is -0.0586. The van der Waals surface area contributed by atoms with Gasteiger partial charge in [0, 0.05) is 13.2 Å². The van der Waals surface area contributed by atoms with Crippen molar-refractivity contribution in [2.45, 2.75) is 71.1 Å². The molecule has 0 bridgehead atoms. The largest absolute Gasteiger partial charge is 0.395 e. The van der Waals surface area contributed by atoms with Crippen LogP contribution in [-0.4, -0.2) is 33.8 Å². The molecule has 1 saturated carbocycles. The molecule has 102 valence electrons. The molecule has 1 fully saturated rings. The highest BCUT2D eigenvalue weighted by Gasteiger charge is 2.47. The van der Waals surface area contributed by atoms with Gasteiger partial charge in [-0.25, -0.2) is 0 Å². The first-order valence-corrected chi connectivity index (χ1v) is 8.61. The second-order valence-corrected chi connectivity index (χ2v) is 7.23. The van der Waals surface area contributed by atoms with E-state index in [1.54, 1.807) is 0 Å². The maximum Gasteiger partial charge on any atom is 0.354 e. The van der Waals surface area contributed by atoms with Gasteiger partial charge in [0.2, 0.25) is 0 Å². The summed E-state index contributed by atoms with van der Waals surface area (Å²) in [4.78, 5) is 0. The Bertz CT molecular complexity index is 199. The molecule has 4 heteroatoms. The molecule has 1 aliphatic carbocycles. The number of hydrogen-bond donors (Lipinski definition) is 0. The molecule has 0 radical (unpaired) electrons. The van der Waals surface area contributed by atoms with Crippen molar-refractivity contribution >= 4 is 9.28 Å². The van der Waals surface area contributed by atoms with Gasteiger partial charge in [-0.05, 0) is 40.0 Å². The third-order valence-corrected chi connectivity index (χ3v) is 6.37. The number of hydrogen-bond acceptors (Lipinski definition) is 3. The summed E-state index contributed by atoms with van der Waals surface area (Å²) in [5.74, 6) is 0. The van der Waals surface area contributed by atoms with Gasteiger partial charge in [0.05, 0.1) is 6.10 Å². The molecule has 0 aliphatic heterocycles. The third-order valence-electron chi connectivity index (χ3n) is 3.53. The fourth-order valence-corrected chi connectivity index (χ4v) is 5.05. The van der Waals surface area contributed by atoms with E-state index in [2.05, 4.69) is 13.8 Å². The molecular formula is C13H28O3Si. The Morgan fingerprint density at radius 3 is 2.00 bits per heavy atom. The van der Waals surface area contributed by atoms with Crippen LogP contribution in [0.4, 0.5) is 0 Å². The zero-order valence-electron chi connectivity index (χ0n) is 11.8. The molecule has 0 saturated heterocycles. The molecule has 0 N–H and O–H groups in total. The Hall–Kier alpha value is 0.0969. The van der Waals surface area contributed by atoms with Gasteiger partial charge in [0.1, 0.15) is 5.22 Å². The lowest BCUT2D eigenvalue weighted by Crippen LogP contribution is -2.51. The van der Waals surface area contributed by atoms with Crippen molar-refractivity contribution in [1.29, 1.82) is 0 Å². The van der Waals surface area contributed by atoms with E-state index in [0.29, 0.717) is 6.10 Å². The van der Waals surface area contributed by atoms with Gasteiger partial charge in [-0.1, -0.05) is 19.8 Å². The second-order valence-electron chi connectivity index (χ2n) is 4.85. The summed E-state index contributed by atoms with van der Waals surface area (Å²) < 4.78 is 18.1. The third kappa shape index (κ3) is 4.05. The minimum Gasteiger partial charge on any atom is -0.395 e. The zero-order chi connectivity index (χ0) is 12.7. The number of rotatable bonds is 8. The Kier molecular flexibility index (Phi) is 6.70. The predicted molar refractivity (Wildman–Crippen MR) is 72.4 cm³/mol. The van der Waals surface area contributed by atoms with Gasteiger partial charge in [-0.2, -0.15) is 0 Å². The van der Waals surface area contributed by atoms with Crippen LogP contribution in [0.5, 0.6) is 0 Å². The van der Waals surface area contributed by atoms with E-state index in [9.17, 15) is 0 Å². The molecule has 0 aromatic heterocycles. The Morgan fingerprint density at radius 1 is 1.06 bits per heavy atom. The predicted octanol–water partition coefficient (Wildman–Crippen LogP) is 2.95. The minimum atomic E-state index is -1.71. The Labute approximate surface area is 108 Å². The standard InChI is InChI=1S/C13H28O3Si/c1-5-12(4)16-13(10-8-9-11-13)17(14-6-2)15-7-3/h12,17H,5-11H2,1-4H3. The van der Waals surface area contributed by atoms with Crippen LogP contribution in [0.15, 0.2) is 0 Å². The first-order chi connectivity index (χ1) is 8.18. The molecule has 0 aromatic rings. The molecular weight excluding hydrogens is 232 g/mol. The summed E-state index contributed by atoms with van der Waals surface area (Å²) in [5.41, 5.74) is 0. The zero-order valence-corrected chi connectivity index (χ0v) is 13.0. The van der Waals surface area contributed by atoms with Crippen molar-refractivity contribution in [3.8, 4) is 0 Å². The van der Waals surface area contributed by atoms with Crippen LogP contribution in [0.2, 0.25) is 0 Å². The van der Waals surface area contributed by atoms with Crippen LogP contribution in [0.25, 0.3) is 0 Å². The molecule has 0 spiro atoms. The molecule has 3 nitrogen and oxygen atoms in total. The average Bonchev–Trinajstić information content (AvgIpc) is 2.78. The van der Waals surface area contributed by atoms with Gasteiger partial charge in [-0.15, -0.1) is 0 Å². The van der Waals surface area contributed by atoms with Crippen molar-refractivity contribution in [2.24, 2.45) is 0 Å². The highest BCUT2D eigenvalue weighted by atomic mass is 28.3. The van der Waals surface area contributed by atoms with Crippen molar-refractivity contribution in [1.82, 2.24) is 0 Å². The van der Waals surface area contributed by atoms with Crippen molar-refractivity contribution in [3.63, 3.8) is 0 Å². The summed E-state index contributed by atoms with van der Waals surface area (Å²) in [6, 6.07) is 0. The molecule has 0 amide bonds. The van der Waals surface area contributed by atoms with E-state index in [0.717, 1.165) is 32.5 Å². The SMILES string of the molecule is CCO[SiH](OCC)C1(OC(C)CC)CCCC1. The first-order valence-electron chi connectivity index (χ1n) is 7.09. The van der Waals surface area contributed by atoms with Crippen LogP contribution in [0.1, 0.15) is 59.8 Å². The van der Waals surface area contributed by atoms with Gasteiger partial charge in [-0.3, -0.25) is 0 Å². The second kappa shape index (κ2) is 7.51. The van der Waals surface area contributed by atoms with E-state index >= 15 is 0 Å². The maximum absolute atomic E-state index is 6.33. The first kappa shape index (κ1) is 15.2. The summed E-state index contributed by atoms with van der Waals surface area (Å²) in [5, 5.41) is -0.0680. The highest BCUT2D eigenvalue weighted by molar-refractivity contribution is 6.48. The van der Waals surface area contributed by atoms with Gasteiger partial charge < -0.3 is 13.6 Å². The van der Waals surface area contributed by atoms with E-state index in [-0.39, 0.29) is 5.22 Å². The van der Waals surface area contributed by atoms with Gasteiger partial charge in [0.25, 0.3) is 0 Å². The van der Waals surface area contributed by atoms with Gasteiger partial charge >= 0.3 is 9.28 Å². The van der Waals surface area contributed by atoms with E-state index in [4.69, 9.17) is 13.6 Å². The highest BCUT2D eigenvalue weighted by Crippen LogP contribution is 2.37. The molecule has 1 aliphatic rings.